The van der Waals surface area contributed by atoms with Gasteiger partial charge in [-0.25, -0.2) is 0 Å². The van der Waals surface area contributed by atoms with Crippen molar-refractivity contribution in [1.29, 1.82) is 0 Å². The molecule has 0 amide bonds. The van der Waals surface area contributed by atoms with Crippen LogP contribution in [0.25, 0.3) is 0 Å². The van der Waals surface area contributed by atoms with E-state index in [1.165, 1.54) is 18.1 Å². The SMILES string of the molecule is [CH2-]CC[Si](CC)(CC)OC(C)C.[Cl-].[Mg+2]. The molecule has 14 heavy (non-hydrogen) atoms. The first-order valence-corrected chi connectivity index (χ1v) is 7.60. The Morgan fingerprint density at radius 2 is 1.64 bits per heavy atom. The molecule has 0 radical (unpaired) electrons. The van der Waals surface area contributed by atoms with E-state index in [4.69, 9.17) is 4.43 Å². The Kier molecular flexibility index (Phi) is 15.8. The second kappa shape index (κ2) is 10.7. The van der Waals surface area contributed by atoms with Gasteiger partial charge in [0.25, 0.3) is 0 Å². The molecule has 0 atom stereocenters. The molecule has 0 saturated heterocycles. The van der Waals surface area contributed by atoms with E-state index in [0.29, 0.717) is 6.10 Å². The Hall–Kier alpha value is 1.23. The molecule has 0 heterocycles. The first-order chi connectivity index (χ1) is 5.60. The maximum atomic E-state index is 6.08. The molecule has 1 nitrogen and oxygen atoms in total. The molecule has 0 unspecified atom stereocenters. The molecule has 0 aliphatic carbocycles. The molecular weight excluding hydrogens is 224 g/mol. The van der Waals surface area contributed by atoms with Crippen LogP contribution in [-0.4, -0.2) is 37.5 Å². The van der Waals surface area contributed by atoms with Crippen molar-refractivity contribution in [2.24, 2.45) is 0 Å². The van der Waals surface area contributed by atoms with Gasteiger partial charge in [0.2, 0.25) is 0 Å². The van der Waals surface area contributed by atoms with Crippen molar-refractivity contribution in [3.63, 3.8) is 0 Å². The van der Waals surface area contributed by atoms with Gasteiger partial charge in [-0.2, -0.15) is 6.42 Å². The van der Waals surface area contributed by atoms with Crippen LogP contribution >= 0.6 is 0 Å². The number of halogens is 1. The monoisotopic (exact) mass is 246 g/mol. The fourth-order valence-electron chi connectivity index (χ4n) is 1.65. The normalized spacial score (nSPS) is 10.7. The van der Waals surface area contributed by atoms with Crippen LogP contribution in [-0.2, 0) is 4.43 Å². The topological polar surface area (TPSA) is 9.23 Å². The zero-order valence-electron chi connectivity index (χ0n) is 10.1. The molecule has 0 rings (SSSR count). The Morgan fingerprint density at radius 1 is 1.21 bits per heavy atom. The molecule has 0 aliphatic rings. The van der Waals surface area contributed by atoms with E-state index < -0.39 is 8.32 Å². The van der Waals surface area contributed by atoms with E-state index in [2.05, 4.69) is 34.6 Å². The van der Waals surface area contributed by atoms with Crippen molar-refractivity contribution in [3.05, 3.63) is 6.92 Å². The van der Waals surface area contributed by atoms with Crippen molar-refractivity contribution in [3.8, 4) is 0 Å². The predicted molar refractivity (Wildman–Crippen MR) is 63.5 cm³/mol. The minimum atomic E-state index is -1.37. The Morgan fingerprint density at radius 3 is 1.86 bits per heavy atom. The number of hydrogen-bond acceptors (Lipinski definition) is 1. The Bertz CT molecular complexity index is 119. The van der Waals surface area contributed by atoms with Gasteiger partial charge in [-0.3, -0.25) is 0 Å². The minimum Gasteiger partial charge on any atom is -1.00 e. The van der Waals surface area contributed by atoms with Gasteiger partial charge >= 0.3 is 23.1 Å². The van der Waals surface area contributed by atoms with Crippen LogP contribution in [0.5, 0.6) is 0 Å². The summed E-state index contributed by atoms with van der Waals surface area (Å²) in [5, 5.41) is 0. The maximum Gasteiger partial charge on any atom is 2.00 e. The molecular formula is C10H23ClMgOSi. The molecule has 0 aromatic rings. The summed E-state index contributed by atoms with van der Waals surface area (Å²) in [6.07, 6.45) is 1.42. The van der Waals surface area contributed by atoms with Gasteiger partial charge in [-0.1, -0.05) is 19.9 Å². The van der Waals surface area contributed by atoms with E-state index in [1.54, 1.807) is 0 Å². The van der Waals surface area contributed by atoms with Crippen LogP contribution in [0.3, 0.4) is 0 Å². The van der Waals surface area contributed by atoms with Crippen LogP contribution in [0.1, 0.15) is 34.1 Å². The van der Waals surface area contributed by atoms with Gasteiger partial charge in [-0.15, -0.1) is 0 Å². The fraction of sp³-hybridized carbons (Fsp3) is 0.900. The van der Waals surface area contributed by atoms with Gasteiger partial charge < -0.3 is 23.8 Å². The number of rotatable bonds is 6. The summed E-state index contributed by atoms with van der Waals surface area (Å²) in [4.78, 5) is 0. The van der Waals surface area contributed by atoms with Gasteiger partial charge in [-0.05, 0) is 25.9 Å². The van der Waals surface area contributed by atoms with Crippen molar-refractivity contribution >= 4 is 31.4 Å². The molecule has 0 aromatic carbocycles. The largest absolute Gasteiger partial charge is 2.00 e. The average Bonchev–Trinajstić information content (AvgIpc) is 2.03. The summed E-state index contributed by atoms with van der Waals surface area (Å²) in [7, 11) is -1.37. The van der Waals surface area contributed by atoms with Crippen LogP contribution in [0.4, 0.5) is 0 Å². The third-order valence-electron chi connectivity index (χ3n) is 2.41. The Labute approximate surface area is 113 Å². The molecule has 0 spiro atoms. The smallest absolute Gasteiger partial charge is 1.00 e. The molecule has 0 N–H and O–H groups in total. The first kappa shape index (κ1) is 20.6. The average molecular weight is 247 g/mol. The molecule has 0 bridgehead atoms. The van der Waals surface area contributed by atoms with Crippen LogP contribution in [0.2, 0.25) is 18.1 Å². The third-order valence-corrected chi connectivity index (χ3v) is 7.22. The van der Waals surface area contributed by atoms with Gasteiger partial charge in [0, 0.05) is 6.10 Å². The molecule has 0 aromatic heterocycles. The van der Waals surface area contributed by atoms with E-state index >= 15 is 0 Å². The molecule has 0 saturated carbocycles. The fourth-order valence-corrected chi connectivity index (χ4v) is 4.95. The molecule has 0 aliphatic heterocycles. The van der Waals surface area contributed by atoms with Crippen molar-refractivity contribution in [1.82, 2.24) is 0 Å². The van der Waals surface area contributed by atoms with E-state index in [1.807, 2.05) is 0 Å². The van der Waals surface area contributed by atoms with Crippen LogP contribution in [0, 0.1) is 6.92 Å². The summed E-state index contributed by atoms with van der Waals surface area (Å²) in [6.45, 7) is 12.7. The standard InChI is InChI=1S/C10H23OSi.ClH.Mg/c1-6-9-12(7-2,8-3)11-10(4)5;;/h10H,1,6-9H2,2-5H3;1H;/q-1;;+2/p-1. The van der Waals surface area contributed by atoms with Crippen LogP contribution in [0.15, 0.2) is 0 Å². The number of hydrogen-bond donors (Lipinski definition) is 0. The van der Waals surface area contributed by atoms with E-state index in [-0.39, 0.29) is 35.5 Å². The zero-order chi connectivity index (χ0) is 9.61. The maximum absolute atomic E-state index is 6.08. The second-order valence-electron chi connectivity index (χ2n) is 3.66. The van der Waals surface area contributed by atoms with Crippen molar-refractivity contribution < 1.29 is 16.8 Å². The predicted octanol–water partition coefficient (Wildman–Crippen LogP) is 0.244. The molecule has 82 valence electrons. The van der Waals surface area contributed by atoms with Gasteiger partial charge in [0.05, 0.1) is 0 Å². The summed E-state index contributed by atoms with van der Waals surface area (Å²) in [6, 6.07) is 3.69. The summed E-state index contributed by atoms with van der Waals surface area (Å²) < 4.78 is 6.08. The molecule has 4 heteroatoms. The van der Waals surface area contributed by atoms with Crippen molar-refractivity contribution in [2.45, 2.75) is 58.4 Å². The minimum absolute atomic E-state index is 0. The van der Waals surface area contributed by atoms with Crippen molar-refractivity contribution in [2.75, 3.05) is 0 Å². The van der Waals surface area contributed by atoms with E-state index in [0.717, 1.165) is 6.42 Å². The van der Waals surface area contributed by atoms with E-state index in [9.17, 15) is 0 Å². The van der Waals surface area contributed by atoms with Gasteiger partial charge in [0.15, 0.2) is 8.32 Å². The Balaban J connectivity index is -0.000000605. The summed E-state index contributed by atoms with van der Waals surface area (Å²) >= 11 is 0. The summed E-state index contributed by atoms with van der Waals surface area (Å²) in [5.74, 6) is 0. The third kappa shape index (κ3) is 7.52. The summed E-state index contributed by atoms with van der Waals surface area (Å²) in [5.41, 5.74) is 0. The quantitative estimate of drug-likeness (QED) is 0.482. The van der Waals surface area contributed by atoms with Crippen LogP contribution < -0.4 is 12.4 Å². The zero-order valence-corrected chi connectivity index (χ0v) is 13.3. The van der Waals surface area contributed by atoms with Gasteiger partial charge in [0.1, 0.15) is 0 Å². The second-order valence-corrected chi connectivity index (χ2v) is 8.18. The first-order valence-electron chi connectivity index (χ1n) is 5.07. The molecule has 0 fully saturated rings.